The minimum atomic E-state index is -0.104. The molecule has 0 bridgehead atoms. The molecule has 7 nitrogen and oxygen atoms in total. The number of hydrogen-bond donors (Lipinski definition) is 0. The van der Waals surface area contributed by atoms with E-state index in [4.69, 9.17) is 0 Å². The van der Waals surface area contributed by atoms with E-state index in [0.29, 0.717) is 18.8 Å². The monoisotopic (exact) mass is 329 g/mol. The molecule has 2 aromatic rings. The molecule has 1 amide bonds. The smallest absolute Gasteiger partial charge is 0.337 e. The van der Waals surface area contributed by atoms with Gasteiger partial charge >= 0.3 is 5.69 Å². The van der Waals surface area contributed by atoms with E-state index in [-0.39, 0.29) is 23.6 Å². The second kappa shape index (κ2) is 6.59. The summed E-state index contributed by atoms with van der Waals surface area (Å²) in [5, 5.41) is 4.44. The lowest BCUT2D eigenvalue weighted by Gasteiger charge is -2.32. The third-order valence-corrected chi connectivity index (χ3v) is 4.46. The molecule has 0 N–H and O–H groups in total. The van der Waals surface area contributed by atoms with Gasteiger partial charge in [0.15, 0.2) is 0 Å². The van der Waals surface area contributed by atoms with Crippen LogP contribution in [0.4, 0.5) is 0 Å². The fraction of sp³-hybridized carbons (Fsp3) is 0.529. The van der Waals surface area contributed by atoms with Crippen LogP contribution in [0.25, 0.3) is 0 Å². The van der Waals surface area contributed by atoms with Gasteiger partial charge in [0.2, 0.25) is 0 Å². The van der Waals surface area contributed by atoms with E-state index in [1.807, 2.05) is 24.8 Å². The first-order valence-electron chi connectivity index (χ1n) is 8.34. The summed E-state index contributed by atoms with van der Waals surface area (Å²) in [5.41, 5.74) is 0.355. The highest BCUT2D eigenvalue weighted by molar-refractivity contribution is 5.92. The Balaban J connectivity index is 1.86. The summed E-state index contributed by atoms with van der Waals surface area (Å²) in [6, 6.07) is 5.39. The van der Waals surface area contributed by atoms with E-state index < -0.39 is 0 Å². The molecule has 1 saturated heterocycles. The normalized spacial score (nSPS) is 18.2. The average Bonchev–Trinajstić information content (AvgIpc) is 2.90. The van der Waals surface area contributed by atoms with Gasteiger partial charge in [0.1, 0.15) is 11.5 Å². The number of amides is 1. The quantitative estimate of drug-likeness (QED) is 0.857. The van der Waals surface area contributed by atoms with Crippen molar-refractivity contribution in [1.29, 1.82) is 0 Å². The number of hydrogen-bond acceptors (Lipinski definition) is 4. The van der Waals surface area contributed by atoms with E-state index in [0.717, 1.165) is 18.7 Å². The molecule has 0 aromatic carbocycles. The molecular formula is C17H23N5O2. The zero-order valence-electron chi connectivity index (χ0n) is 14.3. The first-order valence-corrected chi connectivity index (χ1v) is 8.34. The summed E-state index contributed by atoms with van der Waals surface area (Å²) in [6.45, 7) is 5.24. The Bertz CT molecular complexity index is 778. The highest BCUT2D eigenvalue weighted by atomic mass is 16.2. The maximum Gasteiger partial charge on any atom is 0.345 e. The molecule has 0 aliphatic carbocycles. The highest BCUT2D eigenvalue weighted by Gasteiger charge is 2.30. The SMILES string of the molecule is CC(C)n1c(C2CCCN(C(=O)c3ccccn3)C2)nn(C)c1=O. The van der Waals surface area contributed by atoms with E-state index in [1.165, 1.54) is 4.68 Å². The van der Waals surface area contributed by atoms with Crippen LogP contribution in [0.5, 0.6) is 0 Å². The van der Waals surface area contributed by atoms with Crippen LogP contribution >= 0.6 is 0 Å². The lowest BCUT2D eigenvalue weighted by molar-refractivity contribution is 0.0697. The van der Waals surface area contributed by atoms with Crippen molar-refractivity contribution in [2.24, 2.45) is 7.05 Å². The number of aromatic nitrogens is 4. The molecule has 0 saturated carbocycles. The highest BCUT2D eigenvalue weighted by Crippen LogP contribution is 2.27. The Hall–Kier alpha value is -2.44. The van der Waals surface area contributed by atoms with Crippen molar-refractivity contribution in [3.8, 4) is 0 Å². The summed E-state index contributed by atoms with van der Waals surface area (Å²) < 4.78 is 3.12. The van der Waals surface area contributed by atoms with Crippen molar-refractivity contribution >= 4 is 5.91 Å². The summed E-state index contributed by atoms with van der Waals surface area (Å²) in [7, 11) is 1.67. The van der Waals surface area contributed by atoms with Crippen LogP contribution < -0.4 is 5.69 Å². The lowest BCUT2D eigenvalue weighted by Crippen LogP contribution is -2.40. The second-order valence-electron chi connectivity index (χ2n) is 6.53. The van der Waals surface area contributed by atoms with E-state index in [1.54, 1.807) is 29.9 Å². The number of rotatable bonds is 3. The van der Waals surface area contributed by atoms with Gasteiger partial charge < -0.3 is 4.90 Å². The van der Waals surface area contributed by atoms with E-state index in [2.05, 4.69) is 10.1 Å². The predicted molar refractivity (Wildman–Crippen MR) is 90.0 cm³/mol. The van der Waals surface area contributed by atoms with Crippen LogP contribution in [0, 0.1) is 0 Å². The molecular weight excluding hydrogens is 306 g/mol. The summed E-state index contributed by atoms with van der Waals surface area (Å²) >= 11 is 0. The predicted octanol–water partition coefficient (Wildman–Crippen LogP) is 1.58. The van der Waals surface area contributed by atoms with Gasteiger partial charge in [0.05, 0.1) is 0 Å². The summed E-state index contributed by atoms with van der Waals surface area (Å²) in [6.07, 6.45) is 3.45. The number of likely N-dealkylation sites (tertiary alicyclic amines) is 1. The molecule has 3 heterocycles. The van der Waals surface area contributed by atoms with Crippen LogP contribution in [0.1, 0.15) is 55.0 Å². The first-order chi connectivity index (χ1) is 11.5. The van der Waals surface area contributed by atoms with Crippen LogP contribution in [0.15, 0.2) is 29.2 Å². The minimum absolute atomic E-state index is 0.0445. The second-order valence-corrected chi connectivity index (χ2v) is 6.53. The maximum absolute atomic E-state index is 12.6. The van der Waals surface area contributed by atoms with E-state index in [9.17, 15) is 9.59 Å². The topological polar surface area (TPSA) is 73.0 Å². The molecule has 3 rings (SSSR count). The van der Waals surface area contributed by atoms with Crippen molar-refractivity contribution in [2.75, 3.05) is 13.1 Å². The Morgan fingerprint density at radius 3 is 2.79 bits per heavy atom. The third-order valence-electron chi connectivity index (χ3n) is 4.46. The number of pyridine rings is 1. The van der Waals surface area contributed by atoms with Gasteiger partial charge in [0.25, 0.3) is 5.91 Å². The van der Waals surface area contributed by atoms with E-state index >= 15 is 0 Å². The number of piperidine rings is 1. The molecule has 1 aliphatic rings. The van der Waals surface area contributed by atoms with Crippen LogP contribution in [0.3, 0.4) is 0 Å². The average molecular weight is 329 g/mol. The van der Waals surface area contributed by atoms with Crippen LogP contribution in [0.2, 0.25) is 0 Å². The van der Waals surface area contributed by atoms with Gasteiger partial charge in [-0.2, -0.15) is 5.10 Å². The van der Waals surface area contributed by atoms with Crippen LogP contribution in [-0.2, 0) is 7.05 Å². The molecule has 128 valence electrons. The fourth-order valence-electron chi connectivity index (χ4n) is 3.29. The van der Waals surface area contributed by atoms with Crippen molar-refractivity contribution in [1.82, 2.24) is 24.2 Å². The number of aryl methyl sites for hydroxylation is 1. The summed E-state index contributed by atoms with van der Waals surface area (Å²) in [4.78, 5) is 30.9. The van der Waals surface area contributed by atoms with Crippen molar-refractivity contribution in [2.45, 2.75) is 38.6 Å². The number of nitrogens with zero attached hydrogens (tertiary/aromatic N) is 5. The number of carbonyl (C=O) groups excluding carboxylic acids is 1. The zero-order valence-corrected chi connectivity index (χ0v) is 14.3. The maximum atomic E-state index is 12.6. The van der Waals surface area contributed by atoms with Gasteiger partial charge in [-0.1, -0.05) is 6.07 Å². The fourth-order valence-corrected chi connectivity index (χ4v) is 3.29. The molecule has 1 unspecified atom stereocenters. The Labute approximate surface area is 140 Å². The molecule has 2 aromatic heterocycles. The molecule has 0 radical (unpaired) electrons. The van der Waals surface area contributed by atoms with Gasteiger partial charge in [-0.25, -0.2) is 9.48 Å². The zero-order chi connectivity index (χ0) is 17.3. The van der Waals surface area contributed by atoms with Crippen LogP contribution in [-0.4, -0.2) is 43.2 Å². The molecule has 1 atom stereocenters. The van der Waals surface area contributed by atoms with Crippen molar-refractivity contribution < 1.29 is 4.79 Å². The Morgan fingerprint density at radius 2 is 2.12 bits per heavy atom. The first kappa shape index (κ1) is 16.4. The Kier molecular flexibility index (Phi) is 4.51. The molecule has 0 spiro atoms. The molecule has 24 heavy (non-hydrogen) atoms. The largest absolute Gasteiger partial charge is 0.345 e. The molecule has 7 heteroatoms. The Morgan fingerprint density at radius 1 is 1.33 bits per heavy atom. The molecule has 1 fully saturated rings. The van der Waals surface area contributed by atoms with Crippen molar-refractivity contribution in [3.63, 3.8) is 0 Å². The summed E-state index contributed by atoms with van der Waals surface area (Å²) in [5.74, 6) is 0.786. The lowest BCUT2D eigenvalue weighted by atomic mass is 9.96. The van der Waals surface area contributed by atoms with Gasteiger partial charge in [-0.15, -0.1) is 0 Å². The number of carbonyl (C=O) groups is 1. The standard InChI is InChI=1S/C17H23N5O2/c1-12(2)22-15(19-20(3)17(22)24)13-7-6-10-21(11-13)16(23)14-8-4-5-9-18-14/h4-5,8-9,12-13H,6-7,10-11H2,1-3H3. The van der Waals surface area contributed by atoms with Gasteiger partial charge in [-0.3, -0.25) is 14.3 Å². The van der Waals surface area contributed by atoms with Crippen molar-refractivity contribution in [3.05, 3.63) is 46.4 Å². The molecule has 1 aliphatic heterocycles. The van der Waals surface area contributed by atoms with Gasteiger partial charge in [-0.05, 0) is 38.8 Å². The minimum Gasteiger partial charge on any atom is -0.337 e. The van der Waals surface area contributed by atoms with Gasteiger partial charge in [0, 0.05) is 38.3 Å². The third kappa shape index (κ3) is 2.98.